The van der Waals surface area contributed by atoms with Gasteiger partial charge in [-0.05, 0) is 37.0 Å². The number of aliphatic imine (C=N–C) groups is 1. The summed E-state index contributed by atoms with van der Waals surface area (Å²) in [5.74, 6) is -2.33. The molecule has 1 amide bonds. The molecule has 2 unspecified atom stereocenters. The molecule has 4 N–H and O–H groups in total. The average molecular weight is 353 g/mol. The Morgan fingerprint density at radius 1 is 1.28 bits per heavy atom. The van der Waals surface area contributed by atoms with Crippen LogP contribution in [0.15, 0.2) is 23.2 Å². The molecule has 8 heteroatoms. The lowest BCUT2D eigenvalue weighted by molar-refractivity contribution is 0.0974. The van der Waals surface area contributed by atoms with Crippen molar-refractivity contribution in [3.8, 4) is 0 Å². The molecule has 1 aliphatic heterocycles. The summed E-state index contributed by atoms with van der Waals surface area (Å²) >= 11 is 0. The number of carbonyl (C=O) groups excluding carboxylic acids is 1. The quantitative estimate of drug-likeness (QED) is 0.494. The summed E-state index contributed by atoms with van der Waals surface area (Å²) < 4.78 is 26.4. The van der Waals surface area contributed by atoms with Crippen LogP contribution in [0.4, 0.5) is 8.78 Å². The largest absolute Gasteiger partial charge is 0.339 e. The summed E-state index contributed by atoms with van der Waals surface area (Å²) in [7, 11) is 0. The van der Waals surface area contributed by atoms with Gasteiger partial charge >= 0.3 is 0 Å². The van der Waals surface area contributed by atoms with Gasteiger partial charge in [-0.25, -0.2) is 14.2 Å². The average Bonchev–Trinajstić information content (AvgIpc) is 2.92. The molecule has 2 rings (SSSR count). The van der Waals surface area contributed by atoms with Crippen molar-refractivity contribution in [1.82, 2.24) is 21.5 Å². The lowest BCUT2D eigenvalue weighted by Gasteiger charge is -2.20. The number of nitrogens with one attached hydrogen (secondary N) is 4. The molecule has 2 atom stereocenters. The highest BCUT2D eigenvalue weighted by Crippen LogP contribution is 2.13. The summed E-state index contributed by atoms with van der Waals surface area (Å²) in [6, 6.07) is 3.30. The van der Waals surface area contributed by atoms with Gasteiger partial charge in [-0.1, -0.05) is 20.8 Å². The minimum absolute atomic E-state index is 0.0232. The summed E-state index contributed by atoms with van der Waals surface area (Å²) in [4.78, 5) is 16.8. The molecule has 0 bridgehead atoms. The maximum absolute atomic E-state index is 13.3. The number of hydrogen-bond donors (Lipinski definition) is 4. The van der Waals surface area contributed by atoms with Crippen molar-refractivity contribution in [2.45, 2.75) is 46.3 Å². The van der Waals surface area contributed by atoms with Crippen LogP contribution in [0.5, 0.6) is 0 Å². The van der Waals surface area contributed by atoms with Gasteiger partial charge in [0.2, 0.25) is 0 Å². The van der Waals surface area contributed by atoms with E-state index in [0.717, 1.165) is 18.6 Å². The van der Waals surface area contributed by atoms with Crippen molar-refractivity contribution in [2.24, 2.45) is 10.4 Å². The normalized spacial score (nSPS) is 21.3. The zero-order chi connectivity index (χ0) is 18.6. The van der Waals surface area contributed by atoms with Crippen LogP contribution in [0.3, 0.4) is 0 Å². The Hall–Kier alpha value is -2.06. The number of guanidine groups is 1. The standard InChI is InChI=1S/C17H25F2N5O/c1-10-7-14(24-23-10)21-16(20-9-17(2,3)4)22-15(25)11-5-6-12(18)13(19)8-11/h5-6,8,10,14,23-24H,7,9H2,1-4H3,(H2,20,21,22,25). The number of amides is 1. The van der Waals surface area contributed by atoms with Gasteiger partial charge in [-0.15, -0.1) is 0 Å². The van der Waals surface area contributed by atoms with Gasteiger partial charge in [-0.2, -0.15) is 0 Å². The maximum Gasteiger partial charge on any atom is 0.258 e. The summed E-state index contributed by atoms with van der Waals surface area (Å²) in [5, 5.41) is 5.76. The molecule has 1 aliphatic rings. The van der Waals surface area contributed by atoms with Crippen LogP contribution in [0.25, 0.3) is 0 Å². The van der Waals surface area contributed by atoms with Crippen LogP contribution >= 0.6 is 0 Å². The Balaban J connectivity index is 2.10. The first-order chi connectivity index (χ1) is 11.6. The van der Waals surface area contributed by atoms with E-state index < -0.39 is 17.5 Å². The number of rotatable bonds is 3. The Bertz CT molecular complexity index is 657. The lowest BCUT2D eigenvalue weighted by Crippen LogP contribution is -2.50. The highest BCUT2D eigenvalue weighted by Gasteiger charge is 2.22. The molecule has 0 spiro atoms. The van der Waals surface area contributed by atoms with E-state index in [4.69, 9.17) is 0 Å². The Labute approximate surface area is 146 Å². The first-order valence-electron chi connectivity index (χ1n) is 8.22. The van der Waals surface area contributed by atoms with Crippen LogP contribution in [-0.4, -0.2) is 30.6 Å². The van der Waals surface area contributed by atoms with E-state index in [9.17, 15) is 13.6 Å². The molecule has 0 aliphatic carbocycles. The Morgan fingerprint density at radius 2 is 2.00 bits per heavy atom. The van der Waals surface area contributed by atoms with Gasteiger partial charge in [0.1, 0.15) is 0 Å². The van der Waals surface area contributed by atoms with Crippen molar-refractivity contribution in [3.05, 3.63) is 35.4 Å². The van der Waals surface area contributed by atoms with E-state index in [-0.39, 0.29) is 29.1 Å². The van der Waals surface area contributed by atoms with E-state index in [1.54, 1.807) is 0 Å². The molecular weight excluding hydrogens is 328 g/mol. The monoisotopic (exact) mass is 353 g/mol. The fourth-order valence-corrected chi connectivity index (χ4v) is 2.23. The number of carbonyl (C=O) groups is 1. The molecule has 0 aromatic heterocycles. The predicted molar refractivity (Wildman–Crippen MR) is 92.9 cm³/mol. The molecule has 1 aromatic rings. The highest BCUT2D eigenvalue weighted by molar-refractivity contribution is 6.05. The zero-order valence-corrected chi connectivity index (χ0v) is 14.9. The van der Waals surface area contributed by atoms with Crippen LogP contribution in [-0.2, 0) is 0 Å². The second-order valence-electron chi connectivity index (χ2n) is 7.43. The fourth-order valence-electron chi connectivity index (χ4n) is 2.23. The van der Waals surface area contributed by atoms with Gasteiger partial charge < -0.3 is 5.32 Å². The van der Waals surface area contributed by atoms with Crippen LogP contribution < -0.4 is 21.5 Å². The number of benzene rings is 1. The molecule has 25 heavy (non-hydrogen) atoms. The molecule has 1 heterocycles. The first kappa shape index (κ1) is 19.3. The molecular formula is C17H25F2N5O. The third kappa shape index (κ3) is 6.06. The predicted octanol–water partition coefficient (Wildman–Crippen LogP) is 1.90. The minimum atomic E-state index is -1.07. The second kappa shape index (κ2) is 7.88. The minimum Gasteiger partial charge on any atom is -0.339 e. The zero-order valence-electron chi connectivity index (χ0n) is 14.9. The van der Waals surface area contributed by atoms with Gasteiger partial charge in [0.25, 0.3) is 5.91 Å². The van der Waals surface area contributed by atoms with Gasteiger partial charge in [-0.3, -0.25) is 20.5 Å². The fraction of sp³-hybridized carbons (Fsp3) is 0.529. The molecule has 1 fully saturated rings. The van der Waals surface area contributed by atoms with E-state index in [1.807, 2.05) is 27.7 Å². The first-order valence-corrected chi connectivity index (χ1v) is 8.22. The van der Waals surface area contributed by atoms with Crippen molar-refractivity contribution >= 4 is 11.9 Å². The van der Waals surface area contributed by atoms with Gasteiger partial charge in [0.05, 0.1) is 6.17 Å². The Morgan fingerprint density at radius 3 is 2.56 bits per heavy atom. The topological polar surface area (TPSA) is 77.5 Å². The van der Waals surface area contributed by atoms with E-state index in [1.165, 1.54) is 6.07 Å². The lowest BCUT2D eigenvalue weighted by atomic mass is 9.97. The molecule has 0 saturated carbocycles. The molecule has 138 valence electrons. The van der Waals surface area contributed by atoms with Crippen LogP contribution in [0, 0.1) is 17.0 Å². The molecule has 1 saturated heterocycles. The van der Waals surface area contributed by atoms with E-state index in [2.05, 4.69) is 26.5 Å². The Kier molecular flexibility index (Phi) is 6.07. The summed E-state index contributed by atoms with van der Waals surface area (Å²) in [5.41, 5.74) is 6.10. The molecule has 6 nitrogen and oxygen atoms in total. The molecule has 0 radical (unpaired) electrons. The third-order valence-electron chi connectivity index (χ3n) is 3.53. The summed E-state index contributed by atoms with van der Waals surface area (Å²) in [6.45, 7) is 8.61. The van der Waals surface area contributed by atoms with Crippen molar-refractivity contribution in [2.75, 3.05) is 6.54 Å². The smallest absolute Gasteiger partial charge is 0.258 e. The van der Waals surface area contributed by atoms with E-state index in [0.29, 0.717) is 6.54 Å². The van der Waals surface area contributed by atoms with Crippen LogP contribution in [0.1, 0.15) is 44.5 Å². The van der Waals surface area contributed by atoms with Crippen LogP contribution in [0.2, 0.25) is 0 Å². The van der Waals surface area contributed by atoms with Crippen molar-refractivity contribution < 1.29 is 13.6 Å². The SMILES string of the molecule is CC1CC(NC(=NCC(C)(C)C)NC(=O)c2ccc(F)c(F)c2)NN1. The van der Waals surface area contributed by atoms with E-state index >= 15 is 0 Å². The van der Waals surface area contributed by atoms with Crippen molar-refractivity contribution in [1.29, 1.82) is 0 Å². The number of halogens is 2. The number of hydrazine groups is 1. The maximum atomic E-state index is 13.3. The second-order valence-corrected chi connectivity index (χ2v) is 7.43. The molecule has 1 aromatic carbocycles. The summed E-state index contributed by atoms with van der Waals surface area (Å²) in [6.07, 6.45) is 0.703. The van der Waals surface area contributed by atoms with Crippen molar-refractivity contribution in [3.63, 3.8) is 0 Å². The van der Waals surface area contributed by atoms with Gasteiger partial charge in [0, 0.05) is 18.2 Å². The highest BCUT2D eigenvalue weighted by atomic mass is 19.2. The number of nitrogens with zero attached hydrogens (tertiary/aromatic N) is 1. The number of hydrogen-bond acceptors (Lipinski definition) is 4. The van der Waals surface area contributed by atoms with Gasteiger partial charge in [0.15, 0.2) is 17.6 Å². The third-order valence-corrected chi connectivity index (χ3v) is 3.53.